The Morgan fingerprint density at radius 1 is 1.00 bits per heavy atom. The molecule has 0 spiro atoms. The van der Waals surface area contributed by atoms with Gasteiger partial charge in [-0.15, -0.1) is 15.3 Å². The number of aryl methyl sites for hydroxylation is 3. The van der Waals surface area contributed by atoms with E-state index in [0.29, 0.717) is 12.5 Å². The SMILES string of the molecule is CCc1nnc(NCCc2nnc(C)n2C)nc1CC. The molecule has 0 amide bonds. The summed E-state index contributed by atoms with van der Waals surface area (Å²) in [4.78, 5) is 4.49. The van der Waals surface area contributed by atoms with Crippen LogP contribution in [0, 0.1) is 6.92 Å². The van der Waals surface area contributed by atoms with E-state index in [1.165, 1.54) is 0 Å². The molecule has 20 heavy (non-hydrogen) atoms. The molecule has 0 radical (unpaired) electrons. The number of aromatic nitrogens is 6. The molecule has 2 aromatic heterocycles. The van der Waals surface area contributed by atoms with Crippen LogP contribution in [0.15, 0.2) is 0 Å². The fraction of sp³-hybridized carbons (Fsp3) is 0.615. The Morgan fingerprint density at radius 2 is 1.75 bits per heavy atom. The second-order valence-corrected chi connectivity index (χ2v) is 4.64. The molecule has 0 unspecified atom stereocenters. The van der Waals surface area contributed by atoms with Gasteiger partial charge in [-0.3, -0.25) is 0 Å². The molecule has 2 heterocycles. The van der Waals surface area contributed by atoms with E-state index in [1.54, 1.807) is 0 Å². The normalized spacial score (nSPS) is 10.8. The number of nitrogens with zero attached hydrogens (tertiary/aromatic N) is 6. The molecule has 0 fully saturated rings. The summed E-state index contributed by atoms with van der Waals surface area (Å²) in [6, 6.07) is 0. The van der Waals surface area contributed by atoms with Crippen molar-refractivity contribution in [2.24, 2.45) is 7.05 Å². The van der Waals surface area contributed by atoms with Gasteiger partial charge >= 0.3 is 0 Å². The van der Waals surface area contributed by atoms with Crippen LogP contribution in [0.5, 0.6) is 0 Å². The molecule has 7 heteroatoms. The third kappa shape index (κ3) is 3.09. The van der Waals surface area contributed by atoms with Crippen LogP contribution in [0.2, 0.25) is 0 Å². The van der Waals surface area contributed by atoms with Gasteiger partial charge < -0.3 is 9.88 Å². The fourth-order valence-electron chi connectivity index (χ4n) is 1.97. The summed E-state index contributed by atoms with van der Waals surface area (Å²) in [5.74, 6) is 2.44. The summed E-state index contributed by atoms with van der Waals surface area (Å²) in [5.41, 5.74) is 1.99. The number of anilines is 1. The molecule has 0 saturated carbocycles. The molecule has 0 bridgehead atoms. The van der Waals surface area contributed by atoms with E-state index in [-0.39, 0.29) is 0 Å². The molecular weight excluding hydrogens is 254 g/mol. The van der Waals surface area contributed by atoms with Gasteiger partial charge in [-0.2, -0.15) is 5.10 Å². The first-order chi connectivity index (χ1) is 9.65. The van der Waals surface area contributed by atoms with E-state index in [9.17, 15) is 0 Å². The molecule has 7 nitrogen and oxygen atoms in total. The van der Waals surface area contributed by atoms with Gasteiger partial charge in [0.25, 0.3) is 0 Å². The van der Waals surface area contributed by atoms with Gasteiger partial charge in [-0.25, -0.2) is 4.98 Å². The van der Waals surface area contributed by atoms with Gasteiger partial charge in [0.1, 0.15) is 11.6 Å². The highest BCUT2D eigenvalue weighted by Gasteiger charge is 2.07. The first-order valence-corrected chi connectivity index (χ1v) is 6.96. The second-order valence-electron chi connectivity index (χ2n) is 4.64. The fourth-order valence-corrected chi connectivity index (χ4v) is 1.97. The van der Waals surface area contributed by atoms with Gasteiger partial charge in [0.15, 0.2) is 0 Å². The molecule has 108 valence electrons. The van der Waals surface area contributed by atoms with Gasteiger partial charge in [0.2, 0.25) is 5.95 Å². The molecule has 0 aliphatic rings. The second kappa shape index (κ2) is 6.40. The molecule has 0 aliphatic carbocycles. The summed E-state index contributed by atoms with van der Waals surface area (Å²) in [6.45, 7) is 6.79. The maximum atomic E-state index is 4.49. The van der Waals surface area contributed by atoms with Crippen LogP contribution >= 0.6 is 0 Å². The predicted molar refractivity (Wildman–Crippen MR) is 76.5 cm³/mol. The third-order valence-corrected chi connectivity index (χ3v) is 3.32. The molecule has 1 N–H and O–H groups in total. The number of hydrogen-bond donors (Lipinski definition) is 1. The number of hydrogen-bond acceptors (Lipinski definition) is 6. The Hall–Kier alpha value is -2.05. The molecule has 2 rings (SSSR count). The van der Waals surface area contributed by atoms with Crippen LogP contribution in [0.25, 0.3) is 0 Å². The molecule has 0 atom stereocenters. The van der Waals surface area contributed by atoms with Gasteiger partial charge in [-0.05, 0) is 19.8 Å². The van der Waals surface area contributed by atoms with Crippen molar-refractivity contribution in [2.75, 3.05) is 11.9 Å². The lowest BCUT2D eigenvalue weighted by molar-refractivity contribution is 0.762. The van der Waals surface area contributed by atoms with Crippen LogP contribution in [-0.4, -0.2) is 36.5 Å². The van der Waals surface area contributed by atoms with Crippen molar-refractivity contribution in [3.63, 3.8) is 0 Å². The van der Waals surface area contributed by atoms with E-state index < -0.39 is 0 Å². The smallest absolute Gasteiger partial charge is 0.242 e. The lowest BCUT2D eigenvalue weighted by atomic mass is 10.2. The lowest BCUT2D eigenvalue weighted by Crippen LogP contribution is -2.13. The highest BCUT2D eigenvalue weighted by molar-refractivity contribution is 5.25. The van der Waals surface area contributed by atoms with Crippen molar-refractivity contribution in [1.82, 2.24) is 29.9 Å². The standard InChI is InChI=1S/C13H21N7/c1-5-10-11(6-2)17-19-13(15-10)14-8-7-12-18-16-9(3)20(12)4/h5-8H2,1-4H3,(H,14,15,19). The minimum absolute atomic E-state index is 0.581. The van der Waals surface area contributed by atoms with Crippen molar-refractivity contribution in [1.29, 1.82) is 0 Å². The Bertz CT molecular complexity index is 576. The van der Waals surface area contributed by atoms with E-state index in [4.69, 9.17) is 0 Å². The van der Waals surface area contributed by atoms with Crippen molar-refractivity contribution in [2.45, 2.75) is 40.0 Å². The van der Waals surface area contributed by atoms with E-state index >= 15 is 0 Å². The van der Waals surface area contributed by atoms with Gasteiger partial charge in [-0.1, -0.05) is 13.8 Å². The zero-order chi connectivity index (χ0) is 14.5. The minimum Gasteiger partial charge on any atom is -0.352 e. The maximum absolute atomic E-state index is 4.49. The summed E-state index contributed by atoms with van der Waals surface area (Å²) < 4.78 is 1.98. The Morgan fingerprint density at radius 3 is 2.35 bits per heavy atom. The average molecular weight is 275 g/mol. The number of nitrogens with one attached hydrogen (secondary N) is 1. The van der Waals surface area contributed by atoms with Crippen LogP contribution in [0.1, 0.15) is 36.9 Å². The Labute approximate surface area is 118 Å². The molecule has 0 aliphatic heterocycles. The highest BCUT2D eigenvalue weighted by Crippen LogP contribution is 2.07. The van der Waals surface area contributed by atoms with Crippen LogP contribution in [0.3, 0.4) is 0 Å². The van der Waals surface area contributed by atoms with E-state index in [1.807, 2.05) is 18.5 Å². The molecular formula is C13H21N7. The highest BCUT2D eigenvalue weighted by atomic mass is 15.3. The Balaban J connectivity index is 1.96. The summed E-state index contributed by atoms with van der Waals surface area (Å²) >= 11 is 0. The summed E-state index contributed by atoms with van der Waals surface area (Å²) in [7, 11) is 1.97. The molecule has 0 aromatic carbocycles. The largest absolute Gasteiger partial charge is 0.352 e. The van der Waals surface area contributed by atoms with Crippen molar-refractivity contribution >= 4 is 5.95 Å². The lowest BCUT2D eigenvalue weighted by Gasteiger charge is -2.07. The topological polar surface area (TPSA) is 81.4 Å². The van der Waals surface area contributed by atoms with Crippen molar-refractivity contribution in [3.05, 3.63) is 23.0 Å². The van der Waals surface area contributed by atoms with Crippen molar-refractivity contribution in [3.8, 4) is 0 Å². The summed E-state index contributed by atoms with van der Waals surface area (Å²) in [6.07, 6.45) is 2.51. The first-order valence-electron chi connectivity index (χ1n) is 6.96. The third-order valence-electron chi connectivity index (χ3n) is 3.32. The quantitative estimate of drug-likeness (QED) is 0.850. The zero-order valence-electron chi connectivity index (χ0n) is 12.5. The minimum atomic E-state index is 0.581. The zero-order valence-corrected chi connectivity index (χ0v) is 12.5. The predicted octanol–water partition coefficient (Wildman–Crippen LogP) is 1.09. The summed E-state index contributed by atoms with van der Waals surface area (Å²) in [5, 5.41) is 19.7. The first kappa shape index (κ1) is 14.4. The van der Waals surface area contributed by atoms with E-state index in [2.05, 4.69) is 44.5 Å². The van der Waals surface area contributed by atoms with Crippen LogP contribution in [-0.2, 0) is 26.3 Å². The van der Waals surface area contributed by atoms with E-state index in [0.717, 1.165) is 42.3 Å². The van der Waals surface area contributed by atoms with Gasteiger partial charge in [0, 0.05) is 20.0 Å². The monoisotopic (exact) mass is 275 g/mol. The molecule has 2 aromatic rings. The van der Waals surface area contributed by atoms with Crippen LogP contribution < -0.4 is 5.32 Å². The van der Waals surface area contributed by atoms with Crippen molar-refractivity contribution < 1.29 is 0 Å². The van der Waals surface area contributed by atoms with Gasteiger partial charge in [0.05, 0.1) is 11.4 Å². The maximum Gasteiger partial charge on any atom is 0.242 e. The average Bonchev–Trinajstić information content (AvgIpc) is 2.79. The number of rotatable bonds is 6. The Kier molecular flexibility index (Phi) is 4.60. The molecule has 0 saturated heterocycles. The van der Waals surface area contributed by atoms with Crippen LogP contribution in [0.4, 0.5) is 5.95 Å².